The van der Waals surface area contributed by atoms with Crippen molar-refractivity contribution in [2.75, 3.05) is 40.3 Å². The Labute approximate surface area is 141 Å². The molecule has 126 valence electrons. The Morgan fingerprint density at radius 2 is 2.17 bits per heavy atom. The van der Waals surface area contributed by atoms with E-state index in [9.17, 15) is 9.59 Å². The molecule has 0 aromatic carbocycles. The van der Waals surface area contributed by atoms with Gasteiger partial charge in [0.25, 0.3) is 5.91 Å². The zero-order chi connectivity index (χ0) is 16.6. The molecule has 0 radical (unpaired) electrons. The summed E-state index contributed by atoms with van der Waals surface area (Å²) in [5, 5.41) is 1.97. The monoisotopic (exact) mass is 335 g/mol. The average molecular weight is 335 g/mol. The van der Waals surface area contributed by atoms with Gasteiger partial charge in [-0.3, -0.25) is 9.59 Å². The molecule has 3 heterocycles. The Hall–Kier alpha value is -1.40. The van der Waals surface area contributed by atoms with Crippen molar-refractivity contribution >= 4 is 23.2 Å². The number of amides is 2. The van der Waals surface area contributed by atoms with Crippen molar-refractivity contribution in [1.29, 1.82) is 0 Å². The lowest BCUT2D eigenvalue weighted by Crippen LogP contribution is -2.43. The molecule has 1 aromatic heterocycles. The lowest BCUT2D eigenvalue weighted by Gasteiger charge is -2.25. The number of carbonyl (C=O) groups is 2. The summed E-state index contributed by atoms with van der Waals surface area (Å²) in [6, 6.07) is 2.30. The minimum atomic E-state index is 0.0171. The van der Waals surface area contributed by atoms with Gasteiger partial charge in [0.05, 0.1) is 5.56 Å². The Balaban J connectivity index is 1.65. The van der Waals surface area contributed by atoms with Crippen molar-refractivity contribution in [3.05, 3.63) is 21.9 Å². The standard InChI is InChI=1S/C17H25N3O2S/c1-12-9-20(10-14(12)18(2)3)16(21)11-19-7-4-5-15-13(17(19)22)6-8-23-15/h6,8,12,14H,4-5,7,9-11H2,1-3H3/t12-,14+/m0/s1. The van der Waals surface area contributed by atoms with Gasteiger partial charge >= 0.3 is 0 Å². The Bertz CT molecular complexity index is 598. The van der Waals surface area contributed by atoms with Crippen LogP contribution >= 0.6 is 11.3 Å². The second kappa shape index (κ2) is 6.61. The van der Waals surface area contributed by atoms with Crippen LogP contribution in [0.4, 0.5) is 0 Å². The van der Waals surface area contributed by atoms with Crippen LogP contribution in [-0.4, -0.2) is 72.8 Å². The molecule has 0 bridgehead atoms. The number of rotatable bonds is 3. The number of fused-ring (bicyclic) bond motifs is 1. The molecule has 2 amide bonds. The highest BCUT2D eigenvalue weighted by atomic mass is 32.1. The molecule has 3 rings (SSSR count). The molecule has 0 N–H and O–H groups in total. The summed E-state index contributed by atoms with van der Waals surface area (Å²) in [7, 11) is 4.12. The Morgan fingerprint density at radius 3 is 2.87 bits per heavy atom. The number of likely N-dealkylation sites (N-methyl/N-ethyl adjacent to an activating group) is 1. The summed E-state index contributed by atoms with van der Waals surface area (Å²) < 4.78 is 0. The number of thiophene rings is 1. The first-order valence-corrected chi connectivity index (χ1v) is 9.15. The molecule has 1 aromatic rings. The predicted octanol–water partition coefficient (Wildman–Crippen LogP) is 1.54. The molecule has 0 spiro atoms. The zero-order valence-corrected chi connectivity index (χ0v) is 14.9. The third kappa shape index (κ3) is 3.28. The van der Waals surface area contributed by atoms with Crippen LogP contribution in [-0.2, 0) is 11.2 Å². The fourth-order valence-corrected chi connectivity index (χ4v) is 4.58. The molecule has 1 fully saturated rings. The van der Waals surface area contributed by atoms with E-state index in [0.29, 0.717) is 18.5 Å². The average Bonchev–Trinajstić information content (AvgIpc) is 3.09. The zero-order valence-electron chi connectivity index (χ0n) is 14.1. The van der Waals surface area contributed by atoms with E-state index < -0.39 is 0 Å². The highest BCUT2D eigenvalue weighted by molar-refractivity contribution is 7.10. The topological polar surface area (TPSA) is 43.9 Å². The highest BCUT2D eigenvalue weighted by Gasteiger charge is 2.35. The Morgan fingerprint density at radius 1 is 1.39 bits per heavy atom. The smallest absolute Gasteiger partial charge is 0.255 e. The van der Waals surface area contributed by atoms with Crippen LogP contribution in [0.5, 0.6) is 0 Å². The first kappa shape index (κ1) is 16.5. The molecule has 2 aliphatic heterocycles. The molecular weight excluding hydrogens is 310 g/mol. The van der Waals surface area contributed by atoms with Crippen molar-refractivity contribution < 1.29 is 9.59 Å². The number of hydrogen-bond donors (Lipinski definition) is 0. The van der Waals surface area contributed by atoms with Crippen LogP contribution in [0.15, 0.2) is 11.4 Å². The van der Waals surface area contributed by atoms with Gasteiger partial charge in [0.1, 0.15) is 6.54 Å². The number of nitrogens with zero attached hydrogens (tertiary/aromatic N) is 3. The maximum atomic E-state index is 12.7. The van der Waals surface area contributed by atoms with Gasteiger partial charge in [0.2, 0.25) is 5.91 Å². The van der Waals surface area contributed by atoms with Crippen molar-refractivity contribution in [2.45, 2.75) is 25.8 Å². The summed E-state index contributed by atoms with van der Waals surface area (Å²) >= 11 is 1.64. The third-order valence-electron chi connectivity index (χ3n) is 5.01. The van der Waals surface area contributed by atoms with Crippen LogP contribution in [0.1, 0.15) is 28.6 Å². The number of hydrogen-bond acceptors (Lipinski definition) is 4. The minimum absolute atomic E-state index is 0.0171. The van der Waals surface area contributed by atoms with Gasteiger partial charge in [-0.15, -0.1) is 11.3 Å². The van der Waals surface area contributed by atoms with E-state index in [1.165, 1.54) is 0 Å². The number of likely N-dealkylation sites (tertiary alicyclic amines) is 1. The van der Waals surface area contributed by atoms with Crippen molar-refractivity contribution in [3.8, 4) is 0 Å². The van der Waals surface area contributed by atoms with E-state index in [2.05, 4.69) is 25.9 Å². The molecule has 0 aliphatic carbocycles. The lowest BCUT2D eigenvalue weighted by molar-refractivity contribution is -0.131. The minimum Gasteiger partial charge on any atom is -0.339 e. The molecule has 6 heteroatoms. The summed E-state index contributed by atoms with van der Waals surface area (Å²) in [5.41, 5.74) is 0.793. The number of carbonyl (C=O) groups excluding carboxylic acids is 2. The first-order valence-electron chi connectivity index (χ1n) is 8.27. The van der Waals surface area contributed by atoms with E-state index in [4.69, 9.17) is 0 Å². The largest absolute Gasteiger partial charge is 0.339 e. The first-order chi connectivity index (χ1) is 11.0. The van der Waals surface area contributed by atoms with Crippen LogP contribution < -0.4 is 0 Å². The summed E-state index contributed by atoms with van der Waals surface area (Å²) in [5.74, 6) is 0.564. The normalized spacial score (nSPS) is 25.0. The molecule has 23 heavy (non-hydrogen) atoms. The van der Waals surface area contributed by atoms with Gasteiger partial charge in [-0.05, 0) is 44.3 Å². The molecule has 2 aliphatic rings. The highest BCUT2D eigenvalue weighted by Crippen LogP contribution is 2.24. The predicted molar refractivity (Wildman–Crippen MR) is 91.8 cm³/mol. The summed E-state index contributed by atoms with van der Waals surface area (Å²) in [4.78, 5) is 32.3. The van der Waals surface area contributed by atoms with Gasteiger partial charge in [-0.2, -0.15) is 0 Å². The fourth-order valence-electron chi connectivity index (χ4n) is 3.67. The number of aryl methyl sites for hydroxylation is 1. The quantitative estimate of drug-likeness (QED) is 0.842. The second-order valence-electron chi connectivity index (χ2n) is 6.89. The molecule has 2 atom stereocenters. The molecule has 0 saturated carbocycles. The van der Waals surface area contributed by atoms with E-state index in [0.717, 1.165) is 36.4 Å². The van der Waals surface area contributed by atoms with Crippen molar-refractivity contribution in [2.24, 2.45) is 5.92 Å². The lowest BCUT2D eigenvalue weighted by atomic mass is 10.1. The van der Waals surface area contributed by atoms with Gasteiger partial charge < -0.3 is 14.7 Å². The van der Waals surface area contributed by atoms with E-state index in [1.54, 1.807) is 16.2 Å². The van der Waals surface area contributed by atoms with Gasteiger partial charge in [-0.1, -0.05) is 6.92 Å². The summed E-state index contributed by atoms with van der Waals surface area (Å²) in [6.45, 7) is 4.62. The molecule has 0 unspecified atom stereocenters. The fraction of sp³-hybridized carbons (Fsp3) is 0.647. The van der Waals surface area contributed by atoms with Gasteiger partial charge in [-0.25, -0.2) is 0 Å². The van der Waals surface area contributed by atoms with Crippen LogP contribution in [0, 0.1) is 5.92 Å². The van der Waals surface area contributed by atoms with Crippen LogP contribution in [0.2, 0.25) is 0 Å². The molecular formula is C17H25N3O2S. The van der Waals surface area contributed by atoms with Crippen molar-refractivity contribution in [3.63, 3.8) is 0 Å². The third-order valence-corrected chi connectivity index (χ3v) is 5.99. The van der Waals surface area contributed by atoms with Crippen LogP contribution in [0.3, 0.4) is 0 Å². The second-order valence-corrected chi connectivity index (χ2v) is 7.90. The molecule has 5 nitrogen and oxygen atoms in total. The van der Waals surface area contributed by atoms with Gasteiger partial charge in [0.15, 0.2) is 0 Å². The van der Waals surface area contributed by atoms with E-state index in [-0.39, 0.29) is 18.4 Å². The van der Waals surface area contributed by atoms with Gasteiger partial charge in [0, 0.05) is 30.6 Å². The van der Waals surface area contributed by atoms with E-state index in [1.807, 2.05) is 16.3 Å². The SMILES string of the molecule is C[C@H]1CN(C(=O)CN2CCCc3sccc3C2=O)C[C@H]1N(C)C. The van der Waals surface area contributed by atoms with E-state index >= 15 is 0 Å². The van der Waals surface area contributed by atoms with Crippen LogP contribution in [0.25, 0.3) is 0 Å². The maximum Gasteiger partial charge on any atom is 0.255 e. The maximum absolute atomic E-state index is 12.7. The molecule has 1 saturated heterocycles. The Kier molecular flexibility index (Phi) is 4.73. The van der Waals surface area contributed by atoms with Crippen molar-refractivity contribution in [1.82, 2.24) is 14.7 Å². The summed E-state index contributed by atoms with van der Waals surface area (Å²) in [6.07, 6.45) is 1.87.